The van der Waals surface area contributed by atoms with Crippen molar-refractivity contribution < 1.29 is 4.79 Å². The van der Waals surface area contributed by atoms with Gasteiger partial charge in [0, 0.05) is 29.3 Å². The summed E-state index contributed by atoms with van der Waals surface area (Å²) in [4.78, 5) is 14.3. The van der Waals surface area contributed by atoms with Crippen molar-refractivity contribution in [1.29, 1.82) is 0 Å². The van der Waals surface area contributed by atoms with Crippen LogP contribution in [0.3, 0.4) is 0 Å². The number of amides is 1. The van der Waals surface area contributed by atoms with E-state index in [2.05, 4.69) is 5.32 Å². The monoisotopic (exact) mass is 272 g/mol. The average molecular weight is 273 g/mol. The first-order chi connectivity index (χ1) is 8.11. The maximum Gasteiger partial charge on any atom is 0.233 e. The Morgan fingerprint density at radius 2 is 2.06 bits per heavy atom. The number of carbonyl (C=O) groups is 1. The van der Waals surface area contributed by atoms with Crippen molar-refractivity contribution in [3.05, 3.63) is 29.3 Å². The summed E-state index contributed by atoms with van der Waals surface area (Å²) in [6.07, 6.45) is 0. The topological polar surface area (TPSA) is 32.3 Å². The molecule has 1 aromatic rings. The van der Waals surface area contributed by atoms with E-state index in [0.717, 1.165) is 17.3 Å². The number of thioether (sulfide) groups is 1. The fraction of sp³-hybridized carbons (Fsp3) is 0.417. The largest absolute Gasteiger partial charge is 0.358 e. The van der Waals surface area contributed by atoms with Crippen molar-refractivity contribution in [2.75, 3.05) is 32.9 Å². The van der Waals surface area contributed by atoms with Crippen LogP contribution in [0.4, 0.5) is 0 Å². The van der Waals surface area contributed by atoms with Crippen molar-refractivity contribution in [2.24, 2.45) is 0 Å². The highest BCUT2D eigenvalue weighted by molar-refractivity contribution is 7.99. The molecule has 1 aromatic carbocycles. The number of nitrogens with zero attached hydrogens (tertiary/aromatic N) is 1. The van der Waals surface area contributed by atoms with Crippen molar-refractivity contribution in [3.63, 3.8) is 0 Å². The molecule has 0 saturated heterocycles. The third-order valence-corrected chi connectivity index (χ3v) is 3.49. The van der Waals surface area contributed by atoms with E-state index >= 15 is 0 Å². The Morgan fingerprint density at radius 1 is 1.41 bits per heavy atom. The Kier molecular flexibility index (Phi) is 6.40. The summed E-state index contributed by atoms with van der Waals surface area (Å²) < 4.78 is 0. The lowest BCUT2D eigenvalue weighted by atomic mass is 10.4. The van der Waals surface area contributed by atoms with Gasteiger partial charge >= 0.3 is 0 Å². The summed E-state index contributed by atoms with van der Waals surface area (Å²) in [6, 6.07) is 7.79. The molecule has 0 aromatic heterocycles. The van der Waals surface area contributed by atoms with E-state index in [-0.39, 0.29) is 5.91 Å². The quantitative estimate of drug-likeness (QED) is 0.805. The molecular weight excluding hydrogens is 256 g/mol. The van der Waals surface area contributed by atoms with E-state index in [9.17, 15) is 4.79 Å². The number of hydrogen-bond acceptors (Lipinski definition) is 3. The van der Waals surface area contributed by atoms with Gasteiger partial charge in [0.05, 0.1) is 6.54 Å². The van der Waals surface area contributed by atoms with Gasteiger partial charge in [-0.3, -0.25) is 9.69 Å². The predicted molar refractivity (Wildman–Crippen MR) is 73.7 cm³/mol. The smallest absolute Gasteiger partial charge is 0.233 e. The van der Waals surface area contributed by atoms with Gasteiger partial charge in [0.2, 0.25) is 5.91 Å². The highest BCUT2D eigenvalue weighted by atomic mass is 35.5. The molecule has 0 heterocycles. The predicted octanol–water partition coefficient (Wildman–Crippen LogP) is 2.11. The number of nitrogens with one attached hydrogen (secondary N) is 1. The maximum atomic E-state index is 11.1. The maximum absolute atomic E-state index is 11.1. The molecule has 0 bridgehead atoms. The lowest BCUT2D eigenvalue weighted by molar-refractivity contribution is -0.121. The van der Waals surface area contributed by atoms with Crippen LogP contribution in [0.5, 0.6) is 0 Å². The molecule has 0 fully saturated rings. The standard InChI is InChI=1S/C12H17ClN2OS/c1-14-12(16)9-15(2)7-8-17-11-5-3-10(13)4-6-11/h3-6H,7-9H2,1-2H3,(H,14,16). The zero-order chi connectivity index (χ0) is 12.7. The Balaban J connectivity index is 2.23. The number of likely N-dealkylation sites (N-methyl/N-ethyl adjacent to an activating group) is 2. The van der Waals surface area contributed by atoms with Gasteiger partial charge in [-0.15, -0.1) is 11.8 Å². The zero-order valence-electron chi connectivity index (χ0n) is 10.1. The van der Waals surface area contributed by atoms with Crippen LogP contribution in [-0.2, 0) is 4.79 Å². The fourth-order valence-corrected chi connectivity index (χ4v) is 2.35. The van der Waals surface area contributed by atoms with E-state index in [1.165, 1.54) is 4.90 Å². The minimum Gasteiger partial charge on any atom is -0.358 e. The summed E-state index contributed by atoms with van der Waals surface area (Å²) in [5, 5.41) is 3.36. The molecule has 0 aliphatic heterocycles. The molecule has 5 heteroatoms. The highest BCUT2D eigenvalue weighted by Gasteiger charge is 2.04. The Bertz CT molecular complexity index is 356. The summed E-state index contributed by atoms with van der Waals surface area (Å²) in [7, 11) is 3.59. The number of halogens is 1. The molecule has 1 N–H and O–H groups in total. The van der Waals surface area contributed by atoms with Gasteiger partial charge in [0.15, 0.2) is 0 Å². The molecule has 3 nitrogen and oxygen atoms in total. The van der Waals surface area contributed by atoms with Gasteiger partial charge < -0.3 is 5.32 Å². The fourth-order valence-electron chi connectivity index (χ4n) is 1.25. The summed E-state index contributed by atoms with van der Waals surface area (Å²) in [6.45, 7) is 1.32. The lowest BCUT2D eigenvalue weighted by Crippen LogP contribution is -2.34. The van der Waals surface area contributed by atoms with E-state index in [0.29, 0.717) is 6.54 Å². The SMILES string of the molecule is CNC(=O)CN(C)CCSc1ccc(Cl)cc1. The Labute approximate surface area is 112 Å². The van der Waals surface area contributed by atoms with Crippen LogP contribution < -0.4 is 5.32 Å². The minimum absolute atomic E-state index is 0.0454. The van der Waals surface area contributed by atoms with E-state index in [4.69, 9.17) is 11.6 Å². The molecule has 0 radical (unpaired) electrons. The van der Waals surface area contributed by atoms with Gasteiger partial charge in [-0.1, -0.05) is 11.6 Å². The van der Waals surface area contributed by atoms with Crippen molar-refractivity contribution in [2.45, 2.75) is 4.90 Å². The normalized spacial score (nSPS) is 10.6. The Morgan fingerprint density at radius 3 is 2.65 bits per heavy atom. The first-order valence-corrected chi connectivity index (χ1v) is 6.75. The number of hydrogen-bond donors (Lipinski definition) is 1. The molecule has 0 aliphatic rings. The second-order valence-corrected chi connectivity index (χ2v) is 5.32. The lowest BCUT2D eigenvalue weighted by Gasteiger charge is -2.14. The second-order valence-electron chi connectivity index (χ2n) is 3.71. The van der Waals surface area contributed by atoms with Crippen LogP contribution in [0.25, 0.3) is 0 Å². The van der Waals surface area contributed by atoms with Crippen molar-refractivity contribution in [3.8, 4) is 0 Å². The van der Waals surface area contributed by atoms with Crippen LogP contribution in [-0.4, -0.2) is 43.7 Å². The van der Waals surface area contributed by atoms with Crippen LogP contribution in [0, 0.1) is 0 Å². The average Bonchev–Trinajstić information content (AvgIpc) is 2.31. The third kappa shape index (κ3) is 5.96. The second kappa shape index (κ2) is 7.58. The van der Waals surface area contributed by atoms with E-state index in [1.807, 2.05) is 36.2 Å². The van der Waals surface area contributed by atoms with Crippen LogP contribution >= 0.6 is 23.4 Å². The molecule has 0 saturated carbocycles. The highest BCUT2D eigenvalue weighted by Crippen LogP contribution is 2.19. The molecule has 0 aliphatic carbocycles. The first kappa shape index (κ1) is 14.4. The van der Waals surface area contributed by atoms with Gasteiger partial charge in [-0.2, -0.15) is 0 Å². The molecule has 94 valence electrons. The van der Waals surface area contributed by atoms with Crippen LogP contribution in [0.15, 0.2) is 29.2 Å². The van der Waals surface area contributed by atoms with Gasteiger partial charge in [-0.25, -0.2) is 0 Å². The molecule has 1 rings (SSSR count). The Hall–Kier alpha value is -0.710. The van der Waals surface area contributed by atoms with E-state index < -0.39 is 0 Å². The van der Waals surface area contributed by atoms with E-state index in [1.54, 1.807) is 18.8 Å². The zero-order valence-corrected chi connectivity index (χ0v) is 11.6. The third-order valence-electron chi connectivity index (χ3n) is 2.25. The number of benzene rings is 1. The molecule has 0 atom stereocenters. The van der Waals surface area contributed by atoms with Crippen molar-refractivity contribution >= 4 is 29.3 Å². The van der Waals surface area contributed by atoms with Gasteiger partial charge in [0.25, 0.3) is 0 Å². The first-order valence-electron chi connectivity index (χ1n) is 5.39. The summed E-state index contributed by atoms with van der Waals surface area (Å²) in [5.41, 5.74) is 0. The van der Waals surface area contributed by atoms with Gasteiger partial charge in [0.1, 0.15) is 0 Å². The molecular formula is C12H17ClN2OS. The summed E-state index contributed by atoms with van der Waals surface area (Å²) >= 11 is 7.57. The number of carbonyl (C=O) groups excluding carboxylic acids is 1. The molecule has 17 heavy (non-hydrogen) atoms. The minimum atomic E-state index is 0.0454. The molecule has 0 unspecified atom stereocenters. The van der Waals surface area contributed by atoms with Gasteiger partial charge in [-0.05, 0) is 31.3 Å². The van der Waals surface area contributed by atoms with Crippen LogP contribution in [0.1, 0.15) is 0 Å². The van der Waals surface area contributed by atoms with Crippen molar-refractivity contribution in [1.82, 2.24) is 10.2 Å². The summed E-state index contributed by atoms with van der Waals surface area (Å²) in [5.74, 6) is 0.999. The number of rotatable bonds is 6. The van der Waals surface area contributed by atoms with Crippen LogP contribution in [0.2, 0.25) is 5.02 Å². The molecule has 0 spiro atoms. The molecule has 1 amide bonds.